The lowest BCUT2D eigenvalue weighted by Crippen LogP contribution is -2.47. The molecular formula is C23H31N9O5S. The fourth-order valence-corrected chi connectivity index (χ4v) is 4.67. The van der Waals surface area contributed by atoms with Gasteiger partial charge in [0.05, 0.1) is 24.7 Å². The average Bonchev–Trinajstić information content (AvgIpc) is 3.24. The van der Waals surface area contributed by atoms with E-state index in [1.54, 1.807) is 18.0 Å². The second-order valence-corrected chi connectivity index (χ2v) is 11.1. The summed E-state index contributed by atoms with van der Waals surface area (Å²) in [6.45, 7) is 5.79. The molecule has 3 heterocycles. The molecule has 2 aliphatic rings. The normalized spacial score (nSPS) is 15.4. The van der Waals surface area contributed by atoms with Gasteiger partial charge in [0.2, 0.25) is 21.9 Å². The van der Waals surface area contributed by atoms with E-state index in [4.69, 9.17) is 0 Å². The van der Waals surface area contributed by atoms with Gasteiger partial charge in [-0.05, 0) is 32.0 Å². The van der Waals surface area contributed by atoms with Crippen molar-refractivity contribution in [3.8, 4) is 0 Å². The van der Waals surface area contributed by atoms with Crippen LogP contribution in [0.4, 0.5) is 33.6 Å². The molecule has 0 aliphatic carbocycles. The van der Waals surface area contributed by atoms with Crippen LogP contribution in [-0.4, -0.2) is 93.2 Å². The summed E-state index contributed by atoms with van der Waals surface area (Å²) >= 11 is 0. The number of likely N-dealkylation sites (N-methyl/N-ethyl adjacent to an activating group) is 1. The van der Waals surface area contributed by atoms with Crippen molar-refractivity contribution in [2.75, 3.05) is 65.9 Å². The van der Waals surface area contributed by atoms with Gasteiger partial charge in [0, 0.05) is 50.5 Å². The van der Waals surface area contributed by atoms with E-state index in [2.05, 4.69) is 30.6 Å². The van der Waals surface area contributed by atoms with Crippen molar-refractivity contribution in [1.29, 1.82) is 0 Å². The molecule has 0 saturated carbocycles. The van der Waals surface area contributed by atoms with Crippen LogP contribution in [0.25, 0.3) is 0 Å². The monoisotopic (exact) mass is 545 g/mol. The highest BCUT2D eigenvalue weighted by Crippen LogP contribution is 2.33. The van der Waals surface area contributed by atoms with Crippen molar-refractivity contribution in [1.82, 2.24) is 25.5 Å². The molecule has 0 bridgehead atoms. The van der Waals surface area contributed by atoms with Gasteiger partial charge in [-0.2, -0.15) is 4.98 Å². The Balaban J connectivity index is 1.58. The molecule has 2 aromatic rings. The molecule has 1 aromatic carbocycles. The lowest BCUT2D eigenvalue weighted by molar-refractivity contribution is -0.117. The molecule has 38 heavy (non-hydrogen) atoms. The minimum absolute atomic E-state index is 0.0124. The molecule has 0 spiro atoms. The Morgan fingerprint density at radius 2 is 1.92 bits per heavy atom. The average molecular weight is 546 g/mol. The third-order valence-corrected chi connectivity index (χ3v) is 6.66. The van der Waals surface area contributed by atoms with E-state index in [0.29, 0.717) is 36.8 Å². The number of aromatic nitrogens is 2. The van der Waals surface area contributed by atoms with Crippen LogP contribution in [0.1, 0.15) is 24.2 Å². The zero-order valence-corrected chi connectivity index (χ0v) is 22.4. The highest BCUT2D eigenvalue weighted by molar-refractivity contribution is 7.92. The number of carbonyl (C=O) groups is 3. The van der Waals surface area contributed by atoms with Crippen LogP contribution in [0.5, 0.6) is 0 Å². The number of nitrogens with zero attached hydrogens (tertiary/aromatic N) is 5. The summed E-state index contributed by atoms with van der Waals surface area (Å²) < 4.78 is 26.2. The Hall–Kier alpha value is -4.14. The minimum Gasteiger partial charge on any atom is -0.350 e. The van der Waals surface area contributed by atoms with Crippen LogP contribution in [0.2, 0.25) is 0 Å². The Labute approximate surface area is 220 Å². The number of fused-ring (bicyclic) bond motifs is 1. The molecule has 2 aliphatic heterocycles. The summed E-state index contributed by atoms with van der Waals surface area (Å²) in [5.74, 6) is 0.271. The number of carbonyl (C=O) groups excluding carboxylic acids is 3. The van der Waals surface area contributed by atoms with E-state index in [1.807, 2.05) is 18.7 Å². The zero-order chi connectivity index (χ0) is 27.6. The second-order valence-electron chi connectivity index (χ2n) is 9.35. The number of urea groups is 1. The third-order valence-electron chi connectivity index (χ3n) is 6.05. The Bertz CT molecular complexity index is 1370. The van der Waals surface area contributed by atoms with Gasteiger partial charge in [0.15, 0.2) is 5.82 Å². The van der Waals surface area contributed by atoms with Crippen molar-refractivity contribution < 1.29 is 22.8 Å². The van der Waals surface area contributed by atoms with Crippen LogP contribution in [-0.2, 0) is 14.8 Å². The first kappa shape index (κ1) is 26.9. The predicted molar refractivity (Wildman–Crippen MR) is 143 cm³/mol. The van der Waals surface area contributed by atoms with Gasteiger partial charge < -0.3 is 30.7 Å². The van der Waals surface area contributed by atoms with Crippen LogP contribution in [0, 0.1) is 0 Å². The summed E-state index contributed by atoms with van der Waals surface area (Å²) in [4.78, 5) is 50.8. The van der Waals surface area contributed by atoms with Crippen LogP contribution < -0.4 is 30.5 Å². The maximum Gasteiger partial charge on any atom is 0.317 e. The quantitative estimate of drug-likeness (QED) is 0.351. The summed E-state index contributed by atoms with van der Waals surface area (Å²) in [5, 5.41) is 8.49. The molecule has 0 atom stereocenters. The van der Waals surface area contributed by atoms with Crippen molar-refractivity contribution in [3.05, 3.63) is 30.0 Å². The first-order valence-electron chi connectivity index (χ1n) is 12.0. The fraction of sp³-hybridized carbons (Fsp3) is 0.435. The molecule has 15 heteroatoms. The lowest BCUT2D eigenvalue weighted by Gasteiger charge is -2.36. The summed E-state index contributed by atoms with van der Waals surface area (Å²) in [6, 6.07) is 4.31. The van der Waals surface area contributed by atoms with Crippen molar-refractivity contribution in [2.24, 2.45) is 0 Å². The highest BCUT2D eigenvalue weighted by Gasteiger charge is 2.30. The van der Waals surface area contributed by atoms with E-state index in [-0.39, 0.29) is 48.3 Å². The third kappa shape index (κ3) is 6.22. The smallest absolute Gasteiger partial charge is 0.317 e. The molecule has 1 saturated heterocycles. The van der Waals surface area contributed by atoms with E-state index >= 15 is 0 Å². The van der Waals surface area contributed by atoms with Crippen LogP contribution >= 0.6 is 0 Å². The highest BCUT2D eigenvalue weighted by atomic mass is 32.2. The number of nitrogens with one attached hydrogen (secondary N) is 4. The molecule has 4 rings (SSSR count). The van der Waals surface area contributed by atoms with Gasteiger partial charge >= 0.3 is 6.03 Å². The van der Waals surface area contributed by atoms with E-state index in [0.717, 1.165) is 6.26 Å². The number of anilines is 5. The molecule has 4 amide bonds. The number of benzene rings is 1. The van der Waals surface area contributed by atoms with E-state index in [1.165, 1.54) is 23.2 Å². The fourth-order valence-electron chi connectivity index (χ4n) is 4.13. The molecule has 0 radical (unpaired) electrons. The number of sulfonamides is 1. The Kier molecular flexibility index (Phi) is 7.57. The molecule has 4 N–H and O–H groups in total. The van der Waals surface area contributed by atoms with Crippen molar-refractivity contribution >= 4 is 56.7 Å². The molecular weight excluding hydrogens is 514 g/mol. The molecule has 204 valence electrons. The maximum atomic E-state index is 12.9. The largest absolute Gasteiger partial charge is 0.350 e. The Morgan fingerprint density at radius 3 is 2.58 bits per heavy atom. The van der Waals surface area contributed by atoms with Gasteiger partial charge in [0.1, 0.15) is 5.69 Å². The Morgan fingerprint density at radius 1 is 1.18 bits per heavy atom. The van der Waals surface area contributed by atoms with Gasteiger partial charge in [-0.3, -0.25) is 14.3 Å². The van der Waals surface area contributed by atoms with Crippen LogP contribution in [0.3, 0.4) is 0 Å². The number of hydrogen-bond donors (Lipinski definition) is 4. The molecule has 0 unspecified atom stereocenters. The number of rotatable bonds is 9. The van der Waals surface area contributed by atoms with E-state index in [9.17, 15) is 22.8 Å². The van der Waals surface area contributed by atoms with Gasteiger partial charge in [-0.25, -0.2) is 18.2 Å². The summed E-state index contributed by atoms with van der Waals surface area (Å²) in [6.07, 6.45) is 2.55. The zero-order valence-electron chi connectivity index (χ0n) is 21.6. The second kappa shape index (κ2) is 10.7. The van der Waals surface area contributed by atoms with E-state index < -0.39 is 15.9 Å². The summed E-state index contributed by atoms with van der Waals surface area (Å²) in [5.41, 5.74) is 1.31. The lowest BCUT2D eigenvalue weighted by atomic mass is 10.1. The standard InChI is InChI=1S/C23H31N9O5S/c1-14(2)32-13-19(33)30(3)18-12-26-22(28-20(18)32)27-16-9-15(10-17(11-16)29-38(4,36)37)21(34)24-5-7-31-8-6-25-23(31)35/h9-12,14,29H,5-8,13H2,1-4H3,(H,24,34)(H,25,35)(H,26,27,28). The van der Waals surface area contributed by atoms with Gasteiger partial charge in [-0.1, -0.05) is 0 Å². The summed E-state index contributed by atoms with van der Waals surface area (Å²) in [7, 11) is -1.96. The topological polar surface area (TPSA) is 169 Å². The molecule has 14 nitrogen and oxygen atoms in total. The van der Waals surface area contributed by atoms with Crippen LogP contribution in [0.15, 0.2) is 24.4 Å². The number of amides is 4. The predicted octanol–water partition coefficient (Wildman–Crippen LogP) is 0.538. The molecule has 1 fully saturated rings. The first-order chi connectivity index (χ1) is 17.9. The first-order valence-corrected chi connectivity index (χ1v) is 13.9. The minimum atomic E-state index is -3.62. The van der Waals surface area contributed by atoms with Gasteiger partial charge in [0.25, 0.3) is 5.91 Å². The van der Waals surface area contributed by atoms with Crippen molar-refractivity contribution in [3.63, 3.8) is 0 Å². The van der Waals surface area contributed by atoms with Gasteiger partial charge in [-0.15, -0.1) is 0 Å². The SMILES string of the molecule is CC(C)N1CC(=O)N(C)c2cnc(Nc3cc(NS(C)(=O)=O)cc(C(=O)NCCN4CCNC4=O)c3)nc21. The number of hydrogen-bond acceptors (Lipinski definition) is 9. The van der Waals surface area contributed by atoms with Crippen molar-refractivity contribution in [2.45, 2.75) is 19.9 Å². The maximum absolute atomic E-state index is 12.9. The molecule has 1 aromatic heterocycles.